The highest BCUT2D eigenvalue weighted by atomic mass is 32.1. The zero-order chi connectivity index (χ0) is 11.5. The minimum absolute atomic E-state index is 0.390. The number of benzene rings is 1. The topological polar surface area (TPSA) is 36.7 Å². The average molecular weight is 228 g/mol. The van der Waals surface area contributed by atoms with E-state index in [-0.39, 0.29) is 0 Å². The second-order valence-corrected chi connectivity index (χ2v) is 4.66. The SMILES string of the molecule is Cc1ccc(-c2nc(CC#N)cs2)c(C)c1. The van der Waals surface area contributed by atoms with Crippen LogP contribution in [0, 0.1) is 25.2 Å². The summed E-state index contributed by atoms with van der Waals surface area (Å²) in [6.07, 6.45) is 0.390. The summed E-state index contributed by atoms with van der Waals surface area (Å²) in [7, 11) is 0. The van der Waals surface area contributed by atoms with Crippen molar-refractivity contribution in [3.05, 3.63) is 40.4 Å². The standard InChI is InChI=1S/C13H12N2S/c1-9-3-4-12(10(2)7-9)13-15-11(5-6-14)8-16-13/h3-4,7-8H,5H2,1-2H3. The number of hydrogen-bond donors (Lipinski definition) is 0. The highest BCUT2D eigenvalue weighted by molar-refractivity contribution is 7.13. The third-order valence-electron chi connectivity index (χ3n) is 2.42. The number of nitrogens with zero attached hydrogens (tertiary/aromatic N) is 2. The first-order valence-electron chi connectivity index (χ1n) is 5.09. The van der Waals surface area contributed by atoms with Gasteiger partial charge in [-0.2, -0.15) is 5.26 Å². The van der Waals surface area contributed by atoms with Crippen LogP contribution >= 0.6 is 11.3 Å². The van der Waals surface area contributed by atoms with Crippen molar-refractivity contribution in [1.29, 1.82) is 5.26 Å². The number of rotatable bonds is 2. The molecule has 16 heavy (non-hydrogen) atoms. The Labute approximate surface area is 99.2 Å². The molecule has 2 nitrogen and oxygen atoms in total. The van der Waals surface area contributed by atoms with E-state index in [9.17, 15) is 0 Å². The minimum Gasteiger partial charge on any atom is -0.240 e. The first-order valence-corrected chi connectivity index (χ1v) is 5.97. The van der Waals surface area contributed by atoms with Gasteiger partial charge in [0.2, 0.25) is 0 Å². The van der Waals surface area contributed by atoms with Crippen molar-refractivity contribution in [3.8, 4) is 16.6 Å². The van der Waals surface area contributed by atoms with Crippen molar-refractivity contribution >= 4 is 11.3 Å². The van der Waals surface area contributed by atoms with Crippen molar-refractivity contribution < 1.29 is 0 Å². The van der Waals surface area contributed by atoms with Crippen LogP contribution in [0.3, 0.4) is 0 Å². The number of nitriles is 1. The minimum atomic E-state index is 0.390. The van der Waals surface area contributed by atoms with Crippen LogP contribution in [-0.4, -0.2) is 4.98 Å². The summed E-state index contributed by atoms with van der Waals surface area (Å²) in [6, 6.07) is 8.46. The van der Waals surface area contributed by atoms with Crippen LogP contribution in [0.4, 0.5) is 0 Å². The molecule has 0 radical (unpaired) electrons. The molecule has 1 aromatic carbocycles. The molecule has 0 fully saturated rings. The number of aryl methyl sites for hydroxylation is 2. The van der Waals surface area contributed by atoms with Crippen molar-refractivity contribution in [1.82, 2.24) is 4.98 Å². The lowest BCUT2D eigenvalue weighted by Gasteiger charge is -2.02. The second-order valence-electron chi connectivity index (χ2n) is 3.80. The summed E-state index contributed by atoms with van der Waals surface area (Å²) < 4.78 is 0. The van der Waals surface area contributed by atoms with E-state index in [1.54, 1.807) is 11.3 Å². The van der Waals surface area contributed by atoms with Crippen LogP contribution in [0.25, 0.3) is 10.6 Å². The molecule has 2 aromatic rings. The van der Waals surface area contributed by atoms with Gasteiger partial charge in [0.25, 0.3) is 0 Å². The molecule has 1 aromatic heterocycles. The molecule has 3 heteroatoms. The molecule has 0 unspecified atom stereocenters. The maximum atomic E-state index is 8.61. The van der Waals surface area contributed by atoms with Gasteiger partial charge < -0.3 is 0 Å². The summed E-state index contributed by atoms with van der Waals surface area (Å²) in [5, 5.41) is 11.6. The normalized spacial score (nSPS) is 10.1. The lowest BCUT2D eigenvalue weighted by atomic mass is 10.1. The second kappa shape index (κ2) is 4.46. The van der Waals surface area contributed by atoms with E-state index in [4.69, 9.17) is 5.26 Å². The molecule has 0 N–H and O–H groups in total. The maximum absolute atomic E-state index is 8.61. The first-order chi connectivity index (χ1) is 7.70. The van der Waals surface area contributed by atoms with Gasteiger partial charge in [-0.1, -0.05) is 23.8 Å². The summed E-state index contributed by atoms with van der Waals surface area (Å²) in [6.45, 7) is 4.17. The predicted octanol–water partition coefficient (Wildman–Crippen LogP) is 3.49. The van der Waals surface area contributed by atoms with E-state index in [1.807, 2.05) is 5.38 Å². The molecule has 0 spiro atoms. The van der Waals surface area contributed by atoms with E-state index < -0.39 is 0 Å². The van der Waals surface area contributed by atoms with Gasteiger partial charge >= 0.3 is 0 Å². The molecule has 0 bridgehead atoms. The smallest absolute Gasteiger partial charge is 0.123 e. The Morgan fingerprint density at radius 1 is 1.38 bits per heavy atom. The van der Waals surface area contributed by atoms with Gasteiger partial charge in [0.05, 0.1) is 18.2 Å². The fraction of sp³-hybridized carbons (Fsp3) is 0.231. The fourth-order valence-electron chi connectivity index (χ4n) is 1.65. The van der Waals surface area contributed by atoms with Crippen LogP contribution in [0.15, 0.2) is 23.6 Å². The van der Waals surface area contributed by atoms with Gasteiger partial charge in [0, 0.05) is 10.9 Å². The largest absolute Gasteiger partial charge is 0.240 e. The fourth-order valence-corrected chi connectivity index (χ4v) is 2.56. The molecule has 0 saturated heterocycles. The van der Waals surface area contributed by atoms with Gasteiger partial charge in [-0.15, -0.1) is 11.3 Å². The average Bonchev–Trinajstić information content (AvgIpc) is 2.67. The van der Waals surface area contributed by atoms with Crippen LogP contribution in [0.1, 0.15) is 16.8 Å². The Morgan fingerprint density at radius 3 is 2.88 bits per heavy atom. The molecule has 80 valence electrons. The van der Waals surface area contributed by atoms with Crippen molar-refractivity contribution in [3.63, 3.8) is 0 Å². The highest BCUT2D eigenvalue weighted by Crippen LogP contribution is 2.27. The molecular weight excluding hydrogens is 216 g/mol. The Kier molecular flexibility index (Phi) is 3.02. The Bertz CT molecular complexity index is 549. The Hall–Kier alpha value is -1.66. The monoisotopic (exact) mass is 228 g/mol. The third kappa shape index (κ3) is 2.12. The molecule has 0 aliphatic heterocycles. The quantitative estimate of drug-likeness (QED) is 0.788. The zero-order valence-electron chi connectivity index (χ0n) is 9.32. The Balaban J connectivity index is 2.39. The van der Waals surface area contributed by atoms with Crippen LogP contribution in [0.5, 0.6) is 0 Å². The van der Waals surface area contributed by atoms with Crippen molar-refractivity contribution in [2.75, 3.05) is 0 Å². The summed E-state index contributed by atoms with van der Waals surface area (Å²) >= 11 is 1.60. The van der Waals surface area contributed by atoms with Crippen LogP contribution < -0.4 is 0 Å². The Morgan fingerprint density at radius 2 is 2.19 bits per heavy atom. The lowest BCUT2D eigenvalue weighted by molar-refractivity contribution is 1.16. The zero-order valence-corrected chi connectivity index (χ0v) is 10.1. The first kappa shape index (κ1) is 10.8. The van der Waals surface area contributed by atoms with E-state index >= 15 is 0 Å². The number of aromatic nitrogens is 1. The van der Waals surface area contributed by atoms with Gasteiger partial charge in [-0.05, 0) is 19.4 Å². The number of hydrogen-bond acceptors (Lipinski definition) is 3. The van der Waals surface area contributed by atoms with Crippen molar-refractivity contribution in [2.24, 2.45) is 0 Å². The molecule has 1 heterocycles. The maximum Gasteiger partial charge on any atom is 0.123 e. The summed E-state index contributed by atoms with van der Waals surface area (Å²) in [5.74, 6) is 0. The van der Waals surface area contributed by atoms with Crippen LogP contribution in [-0.2, 0) is 6.42 Å². The van der Waals surface area contributed by atoms with E-state index in [2.05, 4.69) is 43.1 Å². The molecular formula is C13H12N2S. The summed E-state index contributed by atoms with van der Waals surface area (Å²) in [4.78, 5) is 4.46. The van der Waals surface area contributed by atoms with Gasteiger partial charge in [0.1, 0.15) is 5.01 Å². The van der Waals surface area contributed by atoms with Crippen molar-refractivity contribution in [2.45, 2.75) is 20.3 Å². The predicted molar refractivity (Wildman–Crippen MR) is 66.3 cm³/mol. The van der Waals surface area contributed by atoms with Gasteiger partial charge in [0.15, 0.2) is 0 Å². The van der Waals surface area contributed by atoms with E-state index in [0.717, 1.165) is 10.7 Å². The molecule has 0 aliphatic carbocycles. The number of thiazole rings is 1. The third-order valence-corrected chi connectivity index (χ3v) is 3.35. The van der Waals surface area contributed by atoms with Gasteiger partial charge in [-0.3, -0.25) is 0 Å². The molecule has 0 aliphatic rings. The molecule has 0 atom stereocenters. The van der Waals surface area contributed by atoms with Gasteiger partial charge in [-0.25, -0.2) is 4.98 Å². The lowest BCUT2D eigenvalue weighted by Crippen LogP contribution is -1.85. The summed E-state index contributed by atoms with van der Waals surface area (Å²) in [5.41, 5.74) is 4.52. The van der Waals surface area contributed by atoms with E-state index in [1.165, 1.54) is 16.7 Å². The molecule has 2 rings (SSSR count). The van der Waals surface area contributed by atoms with Crippen LogP contribution in [0.2, 0.25) is 0 Å². The molecule has 0 saturated carbocycles. The highest BCUT2D eigenvalue weighted by Gasteiger charge is 2.07. The molecule has 0 amide bonds. The van der Waals surface area contributed by atoms with E-state index in [0.29, 0.717) is 6.42 Å².